The van der Waals surface area contributed by atoms with Gasteiger partial charge in [-0.2, -0.15) is 0 Å². The third kappa shape index (κ3) is 2.64. The van der Waals surface area contributed by atoms with Gasteiger partial charge in [0.1, 0.15) is 5.69 Å². The molecule has 5 nitrogen and oxygen atoms in total. The number of anilines is 1. The molecule has 1 heterocycles. The fourth-order valence-electron chi connectivity index (χ4n) is 2.10. The van der Waals surface area contributed by atoms with Crippen molar-refractivity contribution in [3.05, 3.63) is 32.3 Å². The molecule has 18 heavy (non-hydrogen) atoms. The summed E-state index contributed by atoms with van der Waals surface area (Å²) in [6.07, 6.45) is 0. The van der Waals surface area contributed by atoms with Gasteiger partial charge in [0.2, 0.25) is 0 Å². The largest absolute Gasteiger partial charge is 0.363 e. The Morgan fingerprint density at radius 2 is 1.89 bits per heavy atom. The zero-order valence-electron chi connectivity index (χ0n) is 10.5. The Labute approximate surface area is 115 Å². The van der Waals surface area contributed by atoms with Crippen LogP contribution in [0.15, 0.2) is 16.6 Å². The maximum Gasteiger partial charge on any atom is 0.292 e. The number of nitro benzene ring substituents is 1. The first-order chi connectivity index (χ1) is 8.49. The summed E-state index contributed by atoms with van der Waals surface area (Å²) >= 11 is 3.45. The van der Waals surface area contributed by atoms with E-state index in [2.05, 4.69) is 32.8 Å². The fourth-order valence-corrected chi connectivity index (χ4v) is 2.43. The highest BCUT2D eigenvalue weighted by atomic mass is 79.9. The van der Waals surface area contributed by atoms with E-state index in [9.17, 15) is 10.1 Å². The van der Waals surface area contributed by atoms with Gasteiger partial charge in [-0.1, -0.05) is 15.9 Å². The molecule has 0 atom stereocenters. The number of hydrogen-bond donors (Lipinski definition) is 0. The highest BCUT2D eigenvalue weighted by molar-refractivity contribution is 9.10. The summed E-state index contributed by atoms with van der Waals surface area (Å²) in [6.45, 7) is 5.38. The third-order valence-corrected chi connectivity index (χ3v) is 4.15. The van der Waals surface area contributed by atoms with Crippen LogP contribution < -0.4 is 4.90 Å². The number of aryl methyl sites for hydroxylation is 1. The van der Waals surface area contributed by atoms with Gasteiger partial charge in [-0.25, -0.2) is 0 Å². The van der Waals surface area contributed by atoms with E-state index >= 15 is 0 Å². The minimum absolute atomic E-state index is 0.195. The monoisotopic (exact) mass is 313 g/mol. The molecule has 1 saturated heterocycles. The van der Waals surface area contributed by atoms with Gasteiger partial charge in [-0.15, -0.1) is 0 Å². The number of nitro groups is 1. The van der Waals surface area contributed by atoms with Crippen molar-refractivity contribution >= 4 is 27.3 Å². The molecule has 1 aromatic carbocycles. The standard InChI is InChI=1S/C12H16BrN3O2/c1-9-7-12(16(17)18)11(8-10(9)13)15-5-3-14(2)4-6-15/h7-8H,3-6H2,1-2H3. The van der Waals surface area contributed by atoms with Crippen LogP contribution >= 0.6 is 15.9 Å². The lowest BCUT2D eigenvalue weighted by molar-refractivity contribution is -0.384. The molecule has 0 spiro atoms. The van der Waals surface area contributed by atoms with Crippen LogP contribution in [0.3, 0.4) is 0 Å². The molecule has 0 amide bonds. The normalized spacial score (nSPS) is 16.9. The van der Waals surface area contributed by atoms with Crippen molar-refractivity contribution in [1.29, 1.82) is 0 Å². The van der Waals surface area contributed by atoms with Crippen LogP contribution in [0, 0.1) is 17.0 Å². The van der Waals surface area contributed by atoms with Gasteiger partial charge in [0, 0.05) is 36.7 Å². The maximum atomic E-state index is 11.1. The van der Waals surface area contributed by atoms with Crippen molar-refractivity contribution in [2.45, 2.75) is 6.92 Å². The van der Waals surface area contributed by atoms with Crippen LogP contribution in [-0.2, 0) is 0 Å². The number of halogens is 1. The Hall–Kier alpha value is -1.14. The molecule has 0 radical (unpaired) electrons. The zero-order valence-corrected chi connectivity index (χ0v) is 12.1. The van der Waals surface area contributed by atoms with Crippen LogP contribution in [0.2, 0.25) is 0 Å². The summed E-state index contributed by atoms with van der Waals surface area (Å²) in [5.41, 5.74) is 1.80. The Morgan fingerprint density at radius 3 is 2.44 bits per heavy atom. The fraction of sp³-hybridized carbons (Fsp3) is 0.500. The molecular formula is C12H16BrN3O2. The average Bonchev–Trinajstić information content (AvgIpc) is 2.33. The van der Waals surface area contributed by atoms with Crippen LogP contribution in [0.25, 0.3) is 0 Å². The van der Waals surface area contributed by atoms with Crippen molar-refractivity contribution in [3.8, 4) is 0 Å². The minimum Gasteiger partial charge on any atom is -0.363 e. The Bertz CT molecular complexity index is 471. The molecule has 1 fully saturated rings. The van der Waals surface area contributed by atoms with Crippen LogP contribution in [0.4, 0.5) is 11.4 Å². The average molecular weight is 314 g/mol. The molecule has 0 N–H and O–H groups in total. The summed E-state index contributed by atoms with van der Waals surface area (Å²) in [5.74, 6) is 0. The summed E-state index contributed by atoms with van der Waals surface area (Å²) < 4.78 is 0.919. The first-order valence-electron chi connectivity index (χ1n) is 5.87. The second-order valence-corrected chi connectivity index (χ2v) is 5.49. The van der Waals surface area contributed by atoms with E-state index in [1.54, 1.807) is 6.07 Å². The molecule has 1 aliphatic rings. The highest BCUT2D eigenvalue weighted by Crippen LogP contribution is 2.34. The number of hydrogen-bond acceptors (Lipinski definition) is 4. The first kappa shape index (κ1) is 13.3. The lowest BCUT2D eigenvalue weighted by Crippen LogP contribution is -2.44. The summed E-state index contributed by atoms with van der Waals surface area (Å²) in [5, 5.41) is 11.1. The second kappa shape index (κ2) is 5.24. The SMILES string of the molecule is Cc1cc([N+](=O)[O-])c(N2CCN(C)CC2)cc1Br. The predicted molar refractivity (Wildman–Crippen MR) is 75.2 cm³/mol. The number of piperazine rings is 1. The van der Waals surface area contributed by atoms with Crippen LogP contribution in [0.1, 0.15) is 5.56 Å². The summed E-state index contributed by atoms with van der Waals surface area (Å²) in [6, 6.07) is 3.50. The number of rotatable bonds is 2. The highest BCUT2D eigenvalue weighted by Gasteiger charge is 2.23. The quantitative estimate of drug-likeness (QED) is 0.621. The third-order valence-electron chi connectivity index (χ3n) is 3.30. The van der Waals surface area contributed by atoms with Gasteiger partial charge in [-0.05, 0) is 25.6 Å². The van der Waals surface area contributed by atoms with Crippen molar-refractivity contribution in [2.24, 2.45) is 0 Å². The van der Waals surface area contributed by atoms with Gasteiger partial charge >= 0.3 is 0 Å². The predicted octanol–water partition coefficient (Wildman–Crippen LogP) is 2.42. The van der Waals surface area contributed by atoms with Crippen molar-refractivity contribution in [3.63, 3.8) is 0 Å². The lowest BCUT2D eigenvalue weighted by atomic mass is 10.1. The summed E-state index contributed by atoms with van der Waals surface area (Å²) in [4.78, 5) is 15.2. The number of benzene rings is 1. The molecule has 98 valence electrons. The molecule has 0 unspecified atom stereocenters. The van der Waals surface area contributed by atoms with Gasteiger partial charge < -0.3 is 9.80 Å². The molecule has 1 aliphatic heterocycles. The van der Waals surface area contributed by atoms with Gasteiger partial charge in [0.05, 0.1) is 4.92 Å². The molecule has 1 aromatic rings. The smallest absolute Gasteiger partial charge is 0.292 e. The molecule has 0 bridgehead atoms. The first-order valence-corrected chi connectivity index (χ1v) is 6.66. The van der Waals surface area contributed by atoms with E-state index < -0.39 is 0 Å². The Kier molecular flexibility index (Phi) is 3.87. The van der Waals surface area contributed by atoms with E-state index in [1.165, 1.54) is 0 Å². The molecular weight excluding hydrogens is 298 g/mol. The Balaban J connectivity index is 2.36. The lowest BCUT2D eigenvalue weighted by Gasteiger charge is -2.33. The van der Waals surface area contributed by atoms with Crippen molar-refractivity contribution < 1.29 is 4.92 Å². The van der Waals surface area contributed by atoms with Gasteiger partial charge in [0.15, 0.2) is 0 Å². The van der Waals surface area contributed by atoms with Crippen LogP contribution in [-0.4, -0.2) is 43.0 Å². The molecule has 6 heteroatoms. The topological polar surface area (TPSA) is 49.6 Å². The van der Waals surface area contributed by atoms with Crippen LogP contribution in [0.5, 0.6) is 0 Å². The van der Waals surface area contributed by atoms with E-state index in [0.29, 0.717) is 5.69 Å². The van der Waals surface area contributed by atoms with E-state index in [-0.39, 0.29) is 10.6 Å². The van der Waals surface area contributed by atoms with Crippen molar-refractivity contribution in [1.82, 2.24) is 4.90 Å². The maximum absolute atomic E-state index is 11.1. The van der Waals surface area contributed by atoms with E-state index in [0.717, 1.165) is 36.2 Å². The Morgan fingerprint density at radius 1 is 1.28 bits per heavy atom. The molecule has 0 aromatic heterocycles. The molecule has 0 aliphatic carbocycles. The minimum atomic E-state index is -0.299. The molecule has 2 rings (SSSR count). The second-order valence-electron chi connectivity index (χ2n) is 4.64. The number of likely N-dealkylation sites (N-methyl/N-ethyl adjacent to an activating group) is 1. The van der Waals surface area contributed by atoms with E-state index in [1.807, 2.05) is 13.0 Å². The number of nitrogens with zero attached hydrogens (tertiary/aromatic N) is 3. The molecule has 0 saturated carbocycles. The zero-order chi connectivity index (χ0) is 13.3. The van der Waals surface area contributed by atoms with Gasteiger partial charge in [0.25, 0.3) is 5.69 Å². The summed E-state index contributed by atoms with van der Waals surface area (Å²) in [7, 11) is 2.07. The van der Waals surface area contributed by atoms with Gasteiger partial charge in [-0.3, -0.25) is 10.1 Å². The van der Waals surface area contributed by atoms with E-state index in [4.69, 9.17) is 0 Å². The van der Waals surface area contributed by atoms with Crippen molar-refractivity contribution in [2.75, 3.05) is 38.1 Å².